The van der Waals surface area contributed by atoms with Gasteiger partial charge >= 0.3 is 5.97 Å². The zero-order valence-corrected chi connectivity index (χ0v) is 13.7. The van der Waals surface area contributed by atoms with Crippen molar-refractivity contribution in [1.82, 2.24) is 0 Å². The van der Waals surface area contributed by atoms with Crippen LogP contribution in [0.25, 0.3) is 0 Å². The molecule has 0 heterocycles. The summed E-state index contributed by atoms with van der Waals surface area (Å²) < 4.78 is 26.0. The Labute approximate surface area is 139 Å². The van der Waals surface area contributed by atoms with Crippen LogP contribution < -0.4 is 10.0 Å². The molecule has 0 bridgehead atoms. The van der Waals surface area contributed by atoms with Gasteiger partial charge in [0, 0.05) is 12.6 Å². The average molecular weight is 348 g/mol. The number of nitrogens with two attached hydrogens (primary N) is 1. The van der Waals surface area contributed by atoms with Gasteiger partial charge in [-0.25, -0.2) is 13.2 Å². The van der Waals surface area contributed by atoms with E-state index in [0.29, 0.717) is 5.56 Å². The molecule has 0 saturated carbocycles. The van der Waals surface area contributed by atoms with Gasteiger partial charge in [0.25, 0.3) is 0 Å². The van der Waals surface area contributed by atoms with Gasteiger partial charge in [-0.2, -0.15) is 0 Å². The second-order valence-electron chi connectivity index (χ2n) is 5.15. The second-order valence-corrected chi connectivity index (χ2v) is 7.15. The summed E-state index contributed by atoms with van der Waals surface area (Å²) in [5, 5.41) is 9.12. The van der Waals surface area contributed by atoms with Gasteiger partial charge < -0.3 is 10.8 Å². The van der Waals surface area contributed by atoms with Crippen LogP contribution in [0.3, 0.4) is 0 Å². The first kappa shape index (κ1) is 17.5. The number of primary amides is 1. The molecule has 0 saturated heterocycles. The van der Waals surface area contributed by atoms with Gasteiger partial charge in [0.05, 0.1) is 17.0 Å². The molecule has 0 unspecified atom stereocenters. The third-order valence-electron chi connectivity index (χ3n) is 3.42. The molecule has 2 rings (SSSR count). The lowest BCUT2D eigenvalue weighted by Crippen LogP contribution is -2.28. The van der Waals surface area contributed by atoms with Crippen LogP contribution in [0.15, 0.2) is 48.5 Å². The zero-order chi connectivity index (χ0) is 17.9. The normalized spacial score (nSPS) is 11.0. The van der Waals surface area contributed by atoms with Gasteiger partial charge in [-0.05, 0) is 23.8 Å². The minimum absolute atomic E-state index is 0.0552. The molecule has 0 spiro atoms. The second kappa shape index (κ2) is 6.71. The summed E-state index contributed by atoms with van der Waals surface area (Å²) in [5.41, 5.74) is 5.53. The SMILES string of the molecule is CN(c1cc(C(N)=O)cc(C(=O)O)c1)S(=O)(=O)Cc1ccccc1. The van der Waals surface area contributed by atoms with E-state index < -0.39 is 21.9 Å². The molecule has 0 aromatic heterocycles. The molecule has 8 heteroatoms. The summed E-state index contributed by atoms with van der Waals surface area (Å²) in [4.78, 5) is 22.5. The highest BCUT2D eigenvalue weighted by molar-refractivity contribution is 7.92. The summed E-state index contributed by atoms with van der Waals surface area (Å²) in [6.07, 6.45) is 0. The Hall–Kier alpha value is -2.87. The largest absolute Gasteiger partial charge is 0.478 e. The molecule has 0 aliphatic heterocycles. The fourth-order valence-corrected chi connectivity index (χ4v) is 3.33. The van der Waals surface area contributed by atoms with E-state index in [0.717, 1.165) is 10.4 Å². The number of hydrogen-bond acceptors (Lipinski definition) is 4. The van der Waals surface area contributed by atoms with Crippen LogP contribution in [0, 0.1) is 0 Å². The average Bonchev–Trinajstić information content (AvgIpc) is 2.54. The van der Waals surface area contributed by atoms with E-state index in [4.69, 9.17) is 10.8 Å². The van der Waals surface area contributed by atoms with Crippen LogP contribution in [-0.4, -0.2) is 32.4 Å². The molecule has 0 aliphatic carbocycles. The first-order valence-electron chi connectivity index (χ1n) is 6.89. The molecule has 0 atom stereocenters. The molecule has 2 aromatic rings. The number of carboxylic acid groups (broad SMARTS) is 1. The molecule has 2 aromatic carbocycles. The lowest BCUT2D eigenvalue weighted by atomic mass is 10.1. The molecule has 3 N–H and O–H groups in total. The van der Waals surface area contributed by atoms with E-state index >= 15 is 0 Å². The van der Waals surface area contributed by atoms with Crippen molar-refractivity contribution >= 4 is 27.6 Å². The van der Waals surface area contributed by atoms with Gasteiger partial charge in [-0.3, -0.25) is 9.10 Å². The number of amides is 1. The van der Waals surface area contributed by atoms with Gasteiger partial charge in [0.15, 0.2) is 0 Å². The Kier molecular flexibility index (Phi) is 4.89. The number of rotatable bonds is 6. The minimum atomic E-state index is -3.76. The van der Waals surface area contributed by atoms with Gasteiger partial charge in [0.1, 0.15) is 0 Å². The van der Waals surface area contributed by atoms with Crippen molar-refractivity contribution in [1.29, 1.82) is 0 Å². The van der Waals surface area contributed by atoms with Crippen LogP contribution in [0.1, 0.15) is 26.3 Å². The van der Waals surface area contributed by atoms with Crippen molar-refractivity contribution in [3.63, 3.8) is 0 Å². The quantitative estimate of drug-likeness (QED) is 0.819. The van der Waals surface area contributed by atoms with Crippen molar-refractivity contribution in [2.75, 3.05) is 11.4 Å². The zero-order valence-electron chi connectivity index (χ0n) is 12.8. The van der Waals surface area contributed by atoms with E-state index in [1.165, 1.54) is 19.2 Å². The molecule has 24 heavy (non-hydrogen) atoms. The third kappa shape index (κ3) is 3.90. The lowest BCUT2D eigenvalue weighted by molar-refractivity contribution is 0.0697. The van der Waals surface area contributed by atoms with E-state index in [2.05, 4.69) is 0 Å². The Morgan fingerprint density at radius 1 is 1.08 bits per heavy atom. The third-order valence-corrected chi connectivity index (χ3v) is 5.17. The number of anilines is 1. The molecule has 7 nitrogen and oxygen atoms in total. The fraction of sp³-hybridized carbons (Fsp3) is 0.125. The Morgan fingerprint density at radius 3 is 2.21 bits per heavy atom. The van der Waals surface area contributed by atoms with Gasteiger partial charge in [0.2, 0.25) is 15.9 Å². The number of nitrogens with zero attached hydrogens (tertiary/aromatic N) is 1. The smallest absolute Gasteiger partial charge is 0.335 e. The van der Waals surface area contributed by atoms with Crippen LogP contribution >= 0.6 is 0 Å². The van der Waals surface area contributed by atoms with E-state index in [1.54, 1.807) is 30.3 Å². The summed E-state index contributed by atoms with van der Waals surface area (Å²) >= 11 is 0. The number of aromatic carboxylic acids is 1. The van der Waals surface area contributed by atoms with Crippen molar-refractivity contribution in [2.45, 2.75) is 5.75 Å². The minimum Gasteiger partial charge on any atom is -0.478 e. The van der Waals surface area contributed by atoms with Crippen molar-refractivity contribution in [2.24, 2.45) is 5.73 Å². The van der Waals surface area contributed by atoms with Gasteiger partial charge in [-0.1, -0.05) is 30.3 Å². The van der Waals surface area contributed by atoms with E-state index in [1.807, 2.05) is 0 Å². The highest BCUT2D eigenvalue weighted by Gasteiger charge is 2.21. The Bertz CT molecular complexity index is 846. The maximum absolute atomic E-state index is 12.5. The molecule has 0 aliphatic rings. The van der Waals surface area contributed by atoms with Crippen molar-refractivity contribution in [3.05, 3.63) is 65.2 Å². The summed E-state index contributed by atoms with van der Waals surface area (Å²) in [6.45, 7) is 0. The van der Waals surface area contributed by atoms with E-state index in [9.17, 15) is 18.0 Å². The van der Waals surface area contributed by atoms with Crippen LogP contribution in [-0.2, 0) is 15.8 Å². The molecular weight excluding hydrogens is 332 g/mol. The first-order valence-corrected chi connectivity index (χ1v) is 8.50. The Morgan fingerprint density at radius 2 is 1.67 bits per heavy atom. The number of sulfonamides is 1. The lowest BCUT2D eigenvalue weighted by Gasteiger charge is -2.20. The number of hydrogen-bond donors (Lipinski definition) is 2. The highest BCUT2D eigenvalue weighted by atomic mass is 32.2. The summed E-state index contributed by atoms with van der Waals surface area (Å²) in [6, 6.07) is 12.1. The molecular formula is C16H16N2O5S. The number of benzene rings is 2. The maximum atomic E-state index is 12.5. The number of carbonyl (C=O) groups excluding carboxylic acids is 1. The van der Waals surface area contributed by atoms with Crippen molar-refractivity contribution < 1.29 is 23.1 Å². The fourth-order valence-electron chi connectivity index (χ4n) is 2.10. The maximum Gasteiger partial charge on any atom is 0.335 e. The Balaban J connectivity index is 2.42. The number of carbonyl (C=O) groups is 2. The summed E-state index contributed by atoms with van der Waals surface area (Å²) in [5.74, 6) is -2.38. The van der Waals surface area contributed by atoms with E-state index in [-0.39, 0.29) is 22.6 Å². The topological polar surface area (TPSA) is 118 Å². The molecule has 0 fully saturated rings. The molecule has 1 amide bonds. The summed E-state index contributed by atoms with van der Waals surface area (Å²) in [7, 11) is -2.47. The highest BCUT2D eigenvalue weighted by Crippen LogP contribution is 2.22. The van der Waals surface area contributed by atoms with Crippen molar-refractivity contribution in [3.8, 4) is 0 Å². The molecule has 126 valence electrons. The van der Waals surface area contributed by atoms with Crippen LogP contribution in [0.5, 0.6) is 0 Å². The predicted molar refractivity (Wildman–Crippen MR) is 89.4 cm³/mol. The monoisotopic (exact) mass is 348 g/mol. The molecule has 0 radical (unpaired) electrons. The van der Waals surface area contributed by atoms with Crippen LogP contribution in [0.4, 0.5) is 5.69 Å². The van der Waals surface area contributed by atoms with Crippen LogP contribution in [0.2, 0.25) is 0 Å². The van der Waals surface area contributed by atoms with Gasteiger partial charge in [-0.15, -0.1) is 0 Å². The predicted octanol–water partition coefficient (Wildman–Crippen LogP) is 1.45. The first-order chi connectivity index (χ1) is 11.2. The standard InChI is InChI=1S/C16H16N2O5S/c1-18(24(22,23)10-11-5-3-2-4-6-11)14-8-12(15(17)19)7-13(9-14)16(20)21/h2-9H,10H2,1H3,(H2,17,19)(H,20,21). The number of carboxylic acids is 1.